The van der Waals surface area contributed by atoms with Crippen LogP contribution in [0.2, 0.25) is 5.02 Å². The van der Waals surface area contributed by atoms with Gasteiger partial charge in [0.2, 0.25) is 11.8 Å². The zero-order valence-corrected chi connectivity index (χ0v) is 18.6. The molecule has 0 fully saturated rings. The van der Waals surface area contributed by atoms with Gasteiger partial charge in [0, 0.05) is 45.5 Å². The van der Waals surface area contributed by atoms with Gasteiger partial charge in [-0.3, -0.25) is 9.59 Å². The zero-order valence-electron chi connectivity index (χ0n) is 16.3. The molecule has 0 bridgehead atoms. The van der Waals surface area contributed by atoms with Crippen molar-refractivity contribution >= 4 is 50.2 Å². The Morgan fingerprint density at radius 1 is 1.10 bits per heavy atom. The van der Waals surface area contributed by atoms with Gasteiger partial charge in [0.1, 0.15) is 6.04 Å². The second kappa shape index (κ2) is 9.46. The molecule has 1 unspecified atom stereocenters. The number of aromatic nitrogens is 1. The molecular weight excluding hydrogens is 454 g/mol. The van der Waals surface area contributed by atoms with Crippen molar-refractivity contribution < 1.29 is 9.59 Å². The minimum Gasteiger partial charge on any atom is -0.361 e. The molecule has 3 rings (SSSR count). The smallest absolute Gasteiger partial charge is 0.243 e. The van der Waals surface area contributed by atoms with Crippen LogP contribution in [0.1, 0.15) is 25.0 Å². The molecule has 1 heterocycles. The van der Waals surface area contributed by atoms with Crippen molar-refractivity contribution in [3.05, 3.63) is 69.3 Å². The van der Waals surface area contributed by atoms with Crippen LogP contribution in [0, 0.1) is 5.92 Å². The van der Waals surface area contributed by atoms with E-state index in [0.29, 0.717) is 11.4 Å². The average molecular weight is 477 g/mol. The van der Waals surface area contributed by atoms with Crippen LogP contribution in [0.4, 0.5) is 0 Å². The number of nitrogens with one attached hydrogen (secondary N) is 3. The summed E-state index contributed by atoms with van der Waals surface area (Å²) in [6.07, 6.45) is 2.28. The fraction of sp³-hybridized carbons (Fsp3) is 0.273. The molecule has 0 aliphatic heterocycles. The number of rotatable bonds is 7. The van der Waals surface area contributed by atoms with E-state index in [0.717, 1.165) is 26.5 Å². The molecule has 1 atom stereocenters. The third kappa shape index (κ3) is 5.40. The summed E-state index contributed by atoms with van der Waals surface area (Å²) in [6, 6.07) is 12.7. The van der Waals surface area contributed by atoms with Gasteiger partial charge >= 0.3 is 0 Å². The highest BCUT2D eigenvalue weighted by Crippen LogP contribution is 2.22. The average Bonchev–Trinajstić information content (AvgIpc) is 3.09. The van der Waals surface area contributed by atoms with E-state index in [-0.39, 0.29) is 24.3 Å². The highest BCUT2D eigenvalue weighted by molar-refractivity contribution is 9.10. The molecule has 152 valence electrons. The van der Waals surface area contributed by atoms with E-state index in [4.69, 9.17) is 11.6 Å². The van der Waals surface area contributed by atoms with E-state index in [1.54, 1.807) is 19.9 Å². The largest absolute Gasteiger partial charge is 0.361 e. The van der Waals surface area contributed by atoms with E-state index in [2.05, 4.69) is 31.5 Å². The fourth-order valence-corrected chi connectivity index (χ4v) is 3.78. The molecule has 5 nitrogen and oxygen atoms in total. The van der Waals surface area contributed by atoms with Crippen LogP contribution in [0.3, 0.4) is 0 Å². The number of hydrogen-bond acceptors (Lipinski definition) is 2. The fourth-order valence-electron chi connectivity index (χ4n) is 3.04. The lowest BCUT2D eigenvalue weighted by atomic mass is 10.0. The summed E-state index contributed by atoms with van der Waals surface area (Å²) in [5, 5.41) is 7.38. The molecule has 2 aromatic carbocycles. The number of carbonyl (C=O) groups excluding carboxylic acids is 2. The van der Waals surface area contributed by atoms with Crippen molar-refractivity contribution in [2.75, 3.05) is 0 Å². The molecule has 0 radical (unpaired) electrons. The Bertz CT molecular complexity index is 1030. The molecule has 0 aliphatic carbocycles. The van der Waals surface area contributed by atoms with Gasteiger partial charge in [0.25, 0.3) is 0 Å². The Morgan fingerprint density at radius 3 is 2.59 bits per heavy atom. The SMILES string of the molecule is CC(C)C(=O)NC(Cc1c[nH]c2ccccc12)C(=O)NCc1ccc(Br)cc1Cl. The van der Waals surface area contributed by atoms with Crippen molar-refractivity contribution in [2.45, 2.75) is 32.9 Å². The first kappa shape index (κ1) is 21.4. The third-order valence-corrected chi connectivity index (χ3v) is 5.57. The number of benzene rings is 2. The van der Waals surface area contributed by atoms with Crippen LogP contribution in [0.15, 0.2) is 53.1 Å². The number of fused-ring (bicyclic) bond motifs is 1. The lowest BCUT2D eigenvalue weighted by molar-refractivity contribution is -0.130. The summed E-state index contributed by atoms with van der Waals surface area (Å²) in [7, 11) is 0. The van der Waals surface area contributed by atoms with Crippen LogP contribution in [-0.2, 0) is 22.6 Å². The van der Waals surface area contributed by atoms with Crippen molar-refractivity contribution in [1.29, 1.82) is 0 Å². The van der Waals surface area contributed by atoms with Gasteiger partial charge in [-0.05, 0) is 29.3 Å². The maximum absolute atomic E-state index is 12.9. The van der Waals surface area contributed by atoms with Gasteiger partial charge in [0.15, 0.2) is 0 Å². The van der Waals surface area contributed by atoms with Gasteiger partial charge in [-0.15, -0.1) is 0 Å². The monoisotopic (exact) mass is 475 g/mol. The molecule has 3 N–H and O–H groups in total. The number of carbonyl (C=O) groups is 2. The third-order valence-electron chi connectivity index (χ3n) is 4.72. The predicted octanol–water partition coefficient (Wildman–Crippen LogP) is 4.58. The molecule has 0 saturated carbocycles. The Kier molecular flexibility index (Phi) is 6.98. The maximum atomic E-state index is 12.9. The molecule has 0 saturated heterocycles. The van der Waals surface area contributed by atoms with Crippen LogP contribution < -0.4 is 10.6 Å². The lowest BCUT2D eigenvalue weighted by Crippen LogP contribution is -2.49. The minimum absolute atomic E-state index is 0.160. The Balaban J connectivity index is 1.76. The summed E-state index contributed by atoms with van der Waals surface area (Å²) >= 11 is 9.61. The number of halogens is 2. The molecule has 29 heavy (non-hydrogen) atoms. The highest BCUT2D eigenvalue weighted by Gasteiger charge is 2.23. The minimum atomic E-state index is -0.682. The topological polar surface area (TPSA) is 74.0 Å². The molecule has 7 heteroatoms. The maximum Gasteiger partial charge on any atom is 0.243 e. The van der Waals surface area contributed by atoms with Crippen molar-refractivity contribution in [1.82, 2.24) is 15.6 Å². The molecular formula is C22H23BrClN3O2. The number of para-hydroxylation sites is 1. The summed E-state index contributed by atoms with van der Waals surface area (Å²) in [5.74, 6) is -0.621. The zero-order chi connectivity index (χ0) is 21.0. The van der Waals surface area contributed by atoms with E-state index in [1.807, 2.05) is 42.6 Å². The molecule has 2 amide bonds. The first-order valence-electron chi connectivity index (χ1n) is 9.42. The van der Waals surface area contributed by atoms with Crippen LogP contribution in [0.25, 0.3) is 10.9 Å². The first-order chi connectivity index (χ1) is 13.8. The van der Waals surface area contributed by atoms with Crippen LogP contribution in [0.5, 0.6) is 0 Å². The van der Waals surface area contributed by atoms with E-state index < -0.39 is 6.04 Å². The van der Waals surface area contributed by atoms with Gasteiger partial charge < -0.3 is 15.6 Å². The highest BCUT2D eigenvalue weighted by atomic mass is 79.9. The molecule has 3 aromatic rings. The second-order valence-electron chi connectivity index (χ2n) is 7.23. The van der Waals surface area contributed by atoms with Crippen molar-refractivity contribution in [2.24, 2.45) is 5.92 Å². The number of aromatic amines is 1. The predicted molar refractivity (Wildman–Crippen MR) is 120 cm³/mol. The van der Waals surface area contributed by atoms with Gasteiger partial charge in [0.05, 0.1) is 0 Å². The normalized spacial score (nSPS) is 12.2. The molecule has 0 spiro atoms. The van der Waals surface area contributed by atoms with Crippen molar-refractivity contribution in [3.63, 3.8) is 0 Å². The van der Waals surface area contributed by atoms with Crippen molar-refractivity contribution in [3.8, 4) is 0 Å². The lowest BCUT2D eigenvalue weighted by Gasteiger charge is -2.20. The quantitative estimate of drug-likeness (QED) is 0.467. The van der Waals surface area contributed by atoms with E-state index in [1.165, 1.54) is 0 Å². The molecule has 0 aliphatic rings. The summed E-state index contributed by atoms with van der Waals surface area (Å²) in [6.45, 7) is 3.89. The van der Waals surface area contributed by atoms with E-state index >= 15 is 0 Å². The second-order valence-corrected chi connectivity index (χ2v) is 8.56. The van der Waals surface area contributed by atoms with Gasteiger partial charge in [-0.2, -0.15) is 0 Å². The molecule has 1 aromatic heterocycles. The number of hydrogen-bond donors (Lipinski definition) is 3. The summed E-state index contributed by atoms with van der Waals surface area (Å²) < 4.78 is 0.874. The Labute approximate surface area is 183 Å². The van der Waals surface area contributed by atoms with Gasteiger partial charge in [-0.25, -0.2) is 0 Å². The van der Waals surface area contributed by atoms with E-state index in [9.17, 15) is 9.59 Å². The first-order valence-corrected chi connectivity index (χ1v) is 10.6. The standard InChI is InChI=1S/C22H23BrClN3O2/c1-13(2)21(28)27-20(9-15-12-25-19-6-4-3-5-17(15)19)22(29)26-11-14-7-8-16(23)10-18(14)24/h3-8,10,12-13,20,25H,9,11H2,1-2H3,(H,26,29)(H,27,28). The number of H-pyrrole nitrogens is 1. The number of amides is 2. The van der Waals surface area contributed by atoms with Crippen LogP contribution >= 0.6 is 27.5 Å². The summed E-state index contributed by atoms with van der Waals surface area (Å²) in [5.41, 5.74) is 2.79. The Hall–Kier alpha value is -2.31. The van der Waals surface area contributed by atoms with Gasteiger partial charge in [-0.1, -0.05) is 65.6 Å². The van der Waals surface area contributed by atoms with Crippen LogP contribution in [-0.4, -0.2) is 22.8 Å². The summed E-state index contributed by atoms with van der Waals surface area (Å²) in [4.78, 5) is 28.4. The Morgan fingerprint density at radius 2 is 1.86 bits per heavy atom.